The zero-order valence-electron chi connectivity index (χ0n) is 21.3. The Balaban J connectivity index is 1.54. The van der Waals surface area contributed by atoms with Crippen LogP contribution >= 0.6 is 0 Å². The quantitative estimate of drug-likeness (QED) is 0.149. The van der Waals surface area contributed by atoms with E-state index >= 15 is 0 Å². The van der Waals surface area contributed by atoms with Gasteiger partial charge in [0.05, 0.1) is 19.2 Å². The van der Waals surface area contributed by atoms with Crippen LogP contribution in [0.25, 0.3) is 0 Å². The number of anilines is 3. The van der Waals surface area contributed by atoms with Crippen LogP contribution in [-0.4, -0.2) is 33.4 Å². The predicted octanol–water partition coefficient (Wildman–Crippen LogP) is 6.97. The number of aromatic nitrogens is 4. The summed E-state index contributed by atoms with van der Waals surface area (Å²) in [6.07, 6.45) is -8.23. The average Bonchev–Trinajstić information content (AvgIpc) is 2.93. The molecule has 17 heteroatoms. The summed E-state index contributed by atoms with van der Waals surface area (Å²) in [5, 5.41) is 13.3. The van der Waals surface area contributed by atoms with Gasteiger partial charge in [0.15, 0.2) is 0 Å². The molecule has 0 aliphatic heterocycles. The van der Waals surface area contributed by atoms with Gasteiger partial charge in [-0.3, -0.25) is 0 Å². The standard InChI is InChI=1S/C25H19F7N8O2/c1-41-20-9-4-15(11-33-20)12-34-21-37-22(36-16-5-8-19(26)18(10-16)24(27,28)29)39-23(38-21)40-35-13-14-2-6-17(7-3-14)42-25(30,31)32/h2-11H,12-13H2,1H3,(H2,34,36,37,38,39). The minimum atomic E-state index is -4.93. The van der Waals surface area contributed by atoms with Crippen LogP contribution in [0.15, 0.2) is 71.0 Å². The number of alkyl halides is 6. The highest BCUT2D eigenvalue weighted by Gasteiger charge is 2.34. The van der Waals surface area contributed by atoms with Crippen LogP contribution < -0.4 is 20.1 Å². The Morgan fingerprint density at radius 1 is 0.857 bits per heavy atom. The van der Waals surface area contributed by atoms with Crippen molar-refractivity contribution in [2.24, 2.45) is 10.2 Å². The lowest BCUT2D eigenvalue weighted by molar-refractivity contribution is -0.274. The molecule has 2 N–H and O–H groups in total. The molecule has 0 aliphatic carbocycles. The fourth-order valence-corrected chi connectivity index (χ4v) is 3.29. The summed E-state index contributed by atoms with van der Waals surface area (Å²) in [5.74, 6) is -1.99. The number of benzene rings is 2. The van der Waals surface area contributed by atoms with E-state index in [1.165, 1.54) is 25.4 Å². The van der Waals surface area contributed by atoms with Gasteiger partial charge in [-0.25, -0.2) is 9.37 Å². The molecule has 2 aromatic carbocycles. The fourth-order valence-electron chi connectivity index (χ4n) is 3.29. The fraction of sp³-hybridized carbons (Fsp3) is 0.200. The molecule has 0 atom stereocenters. The second-order valence-electron chi connectivity index (χ2n) is 8.25. The summed E-state index contributed by atoms with van der Waals surface area (Å²) in [7, 11) is 1.46. The average molecular weight is 596 g/mol. The lowest BCUT2D eigenvalue weighted by Crippen LogP contribution is -2.16. The Kier molecular flexibility index (Phi) is 8.97. The van der Waals surface area contributed by atoms with E-state index < -0.39 is 29.7 Å². The summed E-state index contributed by atoms with van der Waals surface area (Å²) >= 11 is 0. The molecule has 0 fully saturated rings. The van der Waals surface area contributed by atoms with Crippen LogP contribution in [0.4, 0.5) is 54.3 Å². The molecule has 2 aromatic heterocycles. The van der Waals surface area contributed by atoms with Crippen LogP contribution in [0.1, 0.15) is 16.7 Å². The summed E-state index contributed by atoms with van der Waals surface area (Å²) in [6, 6.07) is 10.5. The Hall–Kier alpha value is -5.09. The van der Waals surface area contributed by atoms with E-state index in [1.807, 2.05) is 0 Å². The molecule has 0 radical (unpaired) electrons. The molecular weight excluding hydrogens is 577 g/mol. The van der Waals surface area contributed by atoms with E-state index in [1.54, 1.807) is 12.1 Å². The van der Waals surface area contributed by atoms with Crippen LogP contribution in [0.3, 0.4) is 0 Å². The van der Waals surface area contributed by atoms with E-state index in [0.717, 1.165) is 18.2 Å². The highest BCUT2D eigenvalue weighted by Crippen LogP contribution is 2.33. The van der Waals surface area contributed by atoms with Crippen LogP contribution in [0.2, 0.25) is 0 Å². The summed E-state index contributed by atoms with van der Waals surface area (Å²) < 4.78 is 99.1. The Bertz CT molecular complexity index is 1530. The first-order valence-electron chi connectivity index (χ1n) is 11.7. The van der Waals surface area contributed by atoms with Gasteiger partial charge < -0.3 is 20.1 Å². The van der Waals surface area contributed by atoms with Gasteiger partial charge in [-0.05, 0) is 41.5 Å². The van der Waals surface area contributed by atoms with Gasteiger partial charge in [-0.2, -0.15) is 33.2 Å². The van der Waals surface area contributed by atoms with Crippen molar-refractivity contribution in [1.29, 1.82) is 0 Å². The SMILES string of the molecule is COc1ccc(CNc2nc(N=NCc3ccc(OC(F)(F)F)cc3)nc(Nc3ccc(F)c(C(F)(F)F)c3)n2)cn1. The molecule has 0 unspecified atom stereocenters. The number of rotatable bonds is 10. The maximum Gasteiger partial charge on any atom is 0.573 e. The minimum absolute atomic E-state index is 0.0379. The van der Waals surface area contributed by atoms with Gasteiger partial charge in [-0.1, -0.05) is 18.2 Å². The Morgan fingerprint density at radius 3 is 2.21 bits per heavy atom. The molecule has 0 spiro atoms. The van der Waals surface area contributed by atoms with Gasteiger partial charge >= 0.3 is 12.5 Å². The smallest absolute Gasteiger partial charge is 0.481 e. The summed E-state index contributed by atoms with van der Waals surface area (Å²) in [4.78, 5) is 16.3. The second-order valence-corrected chi connectivity index (χ2v) is 8.25. The van der Waals surface area contributed by atoms with Gasteiger partial charge in [0, 0.05) is 24.5 Å². The molecule has 0 saturated carbocycles. The van der Waals surface area contributed by atoms with E-state index in [0.29, 0.717) is 29.1 Å². The first-order chi connectivity index (χ1) is 19.9. The van der Waals surface area contributed by atoms with Crippen molar-refractivity contribution in [3.8, 4) is 11.6 Å². The number of azo groups is 1. The van der Waals surface area contributed by atoms with E-state index in [-0.39, 0.29) is 36.6 Å². The Labute approximate surface area is 232 Å². The van der Waals surface area contributed by atoms with Crippen molar-refractivity contribution in [3.05, 3.63) is 83.3 Å². The van der Waals surface area contributed by atoms with Crippen molar-refractivity contribution in [1.82, 2.24) is 19.9 Å². The van der Waals surface area contributed by atoms with E-state index in [9.17, 15) is 30.7 Å². The number of halogens is 7. The van der Waals surface area contributed by atoms with Crippen LogP contribution in [0.5, 0.6) is 11.6 Å². The number of methoxy groups -OCH3 is 1. The lowest BCUT2D eigenvalue weighted by atomic mass is 10.2. The highest BCUT2D eigenvalue weighted by atomic mass is 19.4. The zero-order chi connectivity index (χ0) is 30.3. The van der Waals surface area contributed by atoms with Gasteiger partial charge in [0.25, 0.3) is 5.95 Å². The maximum absolute atomic E-state index is 13.7. The monoisotopic (exact) mass is 596 g/mol. The predicted molar refractivity (Wildman–Crippen MR) is 134 cm³/mol. The van der Waals surface area contributed by atoms with Gasteiger partial charge in [0.1, 0.15) is 11.6 Å². The van der Waals surface area contributed by atoms with Crippen molar-refractivity contribution < 1.29 is 40.2 Å². The minimum Gasteiger partial charge on any atom is -0.481 e. The lowest BCUT2D eigenvalue weighted by Gasteiger charge is -2.12. The molecule has 220 valence electrons. The number of ether oxygens (including phenoxy) is 2. The molecule has 2 heterocycles. The molecule has 0 bridgehead atoms. The third-order valence-electron chi connectivity index (χ3n) is 5.18. The molecule has 0 saturated heterocycles. The molecule has 0 amide bonds. The first kappa shape index (κ1) is 29.9. The second kappa shape index (κ2) is 12.6. The van der Waals surface area contributed by atoms with E-state index in [2.05, 4.69) is 45.5 Å². The van der Waals surface area contributed by atoms with Crippen LogP contribution in [-0.2, 0) is 19.3 Å². The number of hydrogen-bond acceptors (Lipinski definition) is 10. The maximum atomic E-state index is 13.7. The number of pyridine rings is 1. The molecule has 4 rings (SSSR count). The van der Waals surface area contributed by atoms with Crippen molar-refractivity contribution in [3.63, 3.8) is 0 Å². The number of nitrogens with zero attached hydrogens (tertiary/aromatic N) is 6. The number of nitrogens with one attached hydrogen (secondary N) is 2. The largest absolute Gasteiger partial charge is 0.573 e. The van der Waals surface area contributed by atoms with E-state index in [4.69, 9.17) is 4.74 Å². The van der Waals surface area contributed by atoms with Gasteiger partial charge in [-0.15, -0.1) is 18.3 Å². The molecule has 0 aliphatic rings. The summed E-state index contributed by atoms with van der Waals surface area (Å²) in [5.41, 5.74) is -0.458. The third-order valence-corrected chi connectivity index (χ3v) is 5.18. The normalized spacial score (nSPS) is 11.9. The highest BCUT2D eigenvalue weighted by molar-refractivity contribution is 5.56. The molecular formula is C25H19F7N8O2. The summed E-state index contributed by atoms with van der Waals surface area (Å²) in [6.45, 7) is 0.103. The van der Waals surface area contributed by atoms with Crippen molar-refractivity contribution in [2.75, 3.05) is 17.7 Å². The van der Waals surface area contributed by atoms with Gasteiger partial charge in [0.2, 0.25) is 17.8 Å². The third kappa shape index (κ3) is 8.70. The van der Waals surface area contributed by atoms with Crippen LogP contribution in [0, 0.1) is 5.82 Å². The van der Waals surface area contributed by atoms with Crippen molar-refractivity contribution in [2.45, 2.75) is 25.6 Å². The molecule has 10 nitrogen and oxygen atoms in total. The molecule has 4 aromatic rings. The first-order valence-corrected chi connectivity index (χ1v) is 11.7. The number of hydrogen-bond donors (Lipinski definition) is 2. The molecule has 42 heavy (non-hydrogen) atoms. The zero-order valence-corrected chi connectivity index (χ0v) is 21.3. The topological polar surface area (TPSA) is 119 Å². The Morgan fingerprint density at radius 2 is 1.57 bits per heavy atom. The van der Waals surface area contributed by atoms with Crippen molar-refractivity contribution >= 4 is 23.5 Å².